The van der Waals surface area contributed by atoms with Gasteiger partial charge in [0.05, 0.1) is 0 Å². The van der Waals surface area contributed by atoms with Gasteiger partial charge in [0.25, 0.3) is 0 Å². The molecular weight excluding hydrogens is 144 g/mol. The first kappa shape index (κ1) is 12.0. The van der Waals surface area contributed by atoms with Crippen LogP contribution in [0, 0.1) is 24.7 Å². The molecule has 0 spiro atoms. The lowest BCUT2D eigenvalue weighted by Crippen LogP contribution is -2.03. The molecular formula is C12H25. The summed E-state index contributed by atoms with van der Waals surface area (Å²) in [6, 6.07) is 0. The van der Waals surface area contributed by atoms with E-state index in [1.165, 1.54) is 25.7 Å². The molecule has 0 heteroatoms. The van der Waals surface area contributed by atoms with Crippen LogP contribution >= 0.6 is 0 Å². The maximum absolute atomic E-state index is 4.11. The fourth-order valence-corrected chi connectivity index (χ4v) is 1.65. The second-order valence-electron chi connectivity index (χ2n) is 4.59. The number of rotatable bonds is 6. The molecule has 0 nitrogen and oxygen atoms in total. The van der Waals surface area contributed by atoms with Crippen molar-refractivity contribution in [3.8, 4) is 0 Å². The van der Waals surface area contributed by atoms with Gasteiger partial charge in [0.1, 0.15) is 0 Å². The van der Waals surface area contributed by atoms with Gasteiger partial charge >= 0.3 is 0 Å². The molecule has 0 fully saturated rings. The molecule has 0 saturated carbocycles. The quantitative estimate of drug-likeness (QED) is 0.556. The highest BCUT2D eigenvalue weighted by molar-refractivity contribution is 4.63. The van der Waals surface area contributed by atoms with Gasteiger partial charge in [-0.2, -0.15) is 0 Å². The van der Waals surface area contributed by atoms with Gasteiger partial charge in [-0.15, -0.1) is 0 Å². The monoisotopic (exact) mass is 169 g/mol. The summed E-state index contributed by atoms with van der Waals surface area (Å²) in [4.78, 5) is 0. The minimum atomic E-state index is 0.680. The second-order valence-corrected chi connectivity index (χ2v) is 4.59. The topological polar surface area (TPSA) is 0 Å². The summed E-state index contributed by atoms with van der Waals surface area (Å²) in [5.41, 5.74) is 0. The van der Waals surface area contributed by atoms with Crippen molar-refractivity contribution in [2.24, 2.45) is 17.8 Å². The summed E-state index contributed by atoms with van der Waals surface area (Å²) in [5, 5.41) is 0. The van der Waals surface area contributed by atoms with Crippen LogP contribution in [0.1, 0.15) is 53.4 Å². The highest BCUT2D eigenvalue weighted by Crippen LogP contribution is 2.19. The van der Waals surface area contributed by atoms with Gasteiger partial charge in [-0.25, -0.2) is 0 Å². The Balaban J connectivity index is 3.36. The molecule has 2 atom stereocenters. The zero-order valence-corrected chi connectivity index (χ0v) is 9.27. The summed E-state index contributed by atoms with van der Waals surface area (Å²) in [6.07, 6.45) is 5.27. The van der Waals surface area contributed by atoms with Gasteiger partial charge in [0.2, 0.25) is 0 Å². The van der Waals surface area contributed by atoms with Gasteiger partial charge in [0.15, 0.2) is 0 Å². The van der Waals surface area contributed by atoms with E-state index in [-0.39, 0.29) is 0 Å². The number of hydrogen-bond acceptors (Lipinski definition) is 0. The van der Waals surface area contributed by atoms with Gasteiger partial charge in [0, 0.05) is 0 Å². The fraction of sp³-hybridized carbons (Fsp3) is 0.917. The first-order chi connectivity index (χ1) is 5.56. The minimum absolute atomic E-state index is 0.680. The third-order valence-electron chi connectivity index (χ3n) is 2.52. The zero-order chi connectivity index (χ0) is 9.56. The van der Waals surface area contributed by atoms with Gasteiger partial charge in [-0.1, -0.05) is 53.9 Å². The van der Waals surface area contributed by atoms with Crippen molar-refractivity contribution in [3.63, 3.8) is 0 Å². The van der Waals surface area contributed by atoms with Crippen molar-refractivity contribution in [2.45, 2.75) is 53.4 Å². The molecule has 0 saturated heterocycles. The van der Waals surface area contributed by atoms with Crippen molar-refractivity contribution < 1.29 is 0 Å². The lowest BCUT2D eigenvalue weighted by atomic mass is 9.91. The largest absolute Gasteiger partial charge is 0.0651 e. The summed E-state index contributed by atoms with van der Waals surface area (Å²) >= 11 is 0. The van der Waals surface area contributed by atoms with E-state index in [9.17, 15) is 0 Å². The average Bonchev–Trinajstić information content (AvgIpc) is 1.99. The smallest absolute Gasteiger partial charge is 0.0417 e. The Bertz CT molecular complexity index is 94.2. The van der Waals surface area contributed by atoms with Crippen molar-refractivity contribution in [3.05, 3.63) is 6.92 Å². The molecule has 12 heavy (non-hydrogen) atoms. The van der Waals surface area contributed by atoms with E-state index in [4.69, 9.17) is 0 Å². The van der Waals surface area contributed by atoms with E-state index in [1.54, 1.807) is 0 Å². The normalized spacial score (nSPS) is 16.5. The van der Waals surface area contributed by atoms with Crippen LogP contribution in [0.5, 0.6) is 0 Å². The first-order valence-electron chi connectivity index (χ1n) is 5.39. The summed E-state index contributed by atoms with van der Waals surface area (Å²) in [5.74, 6) is 2.42. The Morgan fingerprint density at radius 3 is 2.08 bits per heavy atom. The molecule has 73 valence electrons. The Labute approximate surface area is 78.8 Å². The van der Waals surface area contributed by atoms with Crippen LogP contribution in [0.15, 0.2) is 0 Å². The molecule has 0 aliphatic carbocycles. The molecule has 0 amide bonds. The molecule has 0 N–H and O–H groups in total. The minimum Gasteiger partial charge on any atom is -0.0651 e. The first-order valence-corrected chi connectivity index (χ1v) is 5.39. The zero-order valence-electron chi connectivity index (χ0n) is 9.27. The Kier molecular flexibility index (Phi) is 6.51. The van der Waals surface area contributed by atoms with Crippen LogP contribution in [-0.4, -0.2) is 0 Å². The van der Waals surface area contributed by atoms with Gasteiger partial charge < -0.3 is 0 Å². The second kappa shape index (κ2) is 6.51. The highest BCUT2D eigenvalue weighted by Gasteiger charge is 2.06. The van der Waals surface area contributed by atoms with E-state index >= 15 is 0 Å². The number of hydrogen-bond donors (Lipinski definition) is 0. The van der Waals surface area contributed by atoms with E-state index < -0.39 is 0 Å². The van der Waals surface area contributed by atoms with E-state index in [0.717, 1.165) is 11.8 Å². The standard InChI is InChI=1S/C12H25/c1-6-11(4)7-8-12(5)9-10(2)3/h10-12H,4,6-9H2,1-3,5H3. The van der Waals surface area contributed by atoms with E-state index in [0.29, 0.717) is 5.92 Å². The van der Waals surface area contributed by atoms with Crippen LogP contribution < -0.4 is 0 Å². The van der Waals surface area contributed by atoms with Crippen LogP contribution in [0.4, 0.5) is 0 Å². The van der Waals surface area contributed by atoms with E-state index in [1.807, 2.05) is 0 Å². The Morgan fingerprint density at radius 1 is 1.08 bits per heavy atom. The SMILES string of the molecule is [CH2]C(CC)CCC(C)CC(C)C. The maximum atomic E-state index is 4.11. The van der Waals surface area contributed by atoms with Crippen molar-refractivity contribution >= 4 is 0 Å². The van der Waals surface area contributed by atoms with Crippen molar-refractivity contribution in [1.29, 1.82) is 0 Å². The molecule has 0 heterocycles. The molecule has 2 unspecified atom stereocenters. The lowest BCUT2D eigenvalue weighted by molar-refractivity contribution is 0.380. The molecule has 0 rings (SSSR count). The third-order valence-corrected chi connectivity index (χ3v) is 2.52. The fourth-order valence-electron chi connectivity index (χ4n) is 1.65. The Morgan fingerprint density at radius 2 is 1.67 bits per heavy atom. The molecule has 0 aromatic heterocycles. The molecule has 0 bridgehead atoms. The van der Waals surface area contributed by atoms with Crippen LogP contribution in [0.25, 0.3) is 0 Å². The van der Waals surface area contributed by atoms with Crippen LogP contribution in [0.3, 0.4) is 0 Å². The predicted molar refractivity (Wildman–Crippen MR) is 57.0 cm³/mol. The molecule has 0 aliphatic rings. The average molecular weight is 169 g/mol. The summed E-state index contributed by atoms with van der Waals surface area (Å²) < 4.78 is 0. The van der Waals surface area contributed by atoms with E-state index in [2.05, 4.69) is 34.6 Å². The predicted octanol–water partition coefficient (Wildman–Crippen LogP) is 4.31. The van der Waals surface area contributed by atoms with Gasteiger partial charge in [-0.05, 0) is 24.2 Å². The highest BCUT2D eigenvalue weighted by atomic mass is 14.1. The van der Waals surface area contributed by atoms with Gasteiger partial charge in [-0.3, -0.25) is 0 Å². The molecule has 0 aromatic carbocycles. The molecule has 1 radical (unpaired) electrons. The maximum Gasteiger partial charge on any atom is -0.0417 e. The van der Waals surface area contributed by atoms with Crippen molar-refractivity contribution in [1.82, 2.24) is 0 Å². The molecule has 0 aromatic rings. The van der Waals surface area contributed by atoms with Crippen LogP contribution in [-0.2, 0) is 0 Å². The third kappa shape index (κ3) is 6.69. The lowest BCUT2D eigenvalue weighted by Gasteiger charge is -2.15. The van der Waals surface area contributed by atoms with Crippen molar-refractivity contribution in [2.75, 3.05) is 0 Å². The summed E-state index contributed by atoms with van der Waals surface area (Å²) in [7, 11) is 0. The molecule has 0 aliphatic heterocycles. The summed E-state index contributed by atoms with van der Waals surface area (Å²) in [6.45, 7) is 13.3. The Hall–Kier alpha value is 0. The van der Waals surface area contributed by atoms with Crippen LogP contribution in [0.2, 0.25) is 0 Å².